The zero-order valence-corrected chi connectivity index (χ0v) is 20.2. The maximum atomic E-state index is 13.7. The second-order valence-electron chi connectivity index (χ2n) is 8.81. The van der Waals surface area contributed by atoms with E-state index in [1.807, 2.05) is 31.2 Å². The maximum Gasteiger partial charge on any atom is 0.259 e. The number of methoxy groups -OCH3 is 1. The highest BCUT2D eigenvalue weighted by atomic mass is 16.7. The summed E-state index contributed by atoms with van der Waals surface area (Å²) in [4.78, 5) is 30.6. The fraction of sp³-hybridized carbons (Fsp3) is 0.385. The number of amides is 1. The fourth-order valence-corrected chi connectivity index (χ4v) is 4.77. The normalized spacial score (nSPS) is 15.9. The molecule has 3 aromatic rings. The molecule has 0 aliphatic carbocycles. The average molecular weight is 480 g/mol. The van der Waals surface area contributed by atoms with Gasteiger partial charge in [-0.15, -0.1) is 0 Å². The standard InChI is InChI=1S/C26H29N3O6/c1-17(20-8-5-13-33-20)27(2)26(31)24-19-9-10-28(11-12-29(19)23(30)14-22(24)32-3)15-18-6-4-7-21-25(18)35-16-34-21/h4-8,13-14,17H,9-12,15-16H2,1-3H3/t17-/m0/s1. The average Bonchev–Trinajstić information content (AvgIpc) is 3.53. The molecular formula is C26H29N3O6. The topological polar surface area (TPSA) is 86.4 Å². The molecule has 2 aromatic heterocycles. The van der Waals surface area contributed by atoms with Gasteiger partial charge in [-0.1, -0.05) is 12.1 Å². The number of carbonyl (C=O) groups excluding carboxylic acids is 1. The molecule has 4 heterocycles. The Morgan fingerprint density at radius 3 is 2.80 bits per heavy atom. The summed E-state index contributed by atoms with van der Waals surface area (Å²) in [6, 6.07) is 10.7. The van der Waals surface area contributed by atoms with Gasteiger partial charge >= 0.3 is 0 Å². The first-order chi connectivity index (χ1) is 17.0. The molecule has 2 aliphatic rings. The molecular weight excluding hydrogens is 450 g/mol. The number of pyridine rings is 1. The van der Waals surface area contributed by atoms with E-state index >= 15 is 0 Å². The van der Waals surface area contributed by atoms with Crippen LogP contribution in [0.25, 0.3) is 0 Å². The Hall–Kier alpha value is -3.72. The van der Waals surface area contributed by atoms with Gasteiger partial charge in [0.1, 0.15) is 17.1 Å². The minimum absolute atomic E-state index is 0.172. The van der Waals surface area contributed by atoms with Crippen molar-refractivity contribution in [1.82, 2.24) is 14.4 Å². The number of nitrogens with zero attached hydrogens (tertiary/aromatic N) is 3. The molecule has 184 valence electrons. The molecule has 2 aliphatic heterocycles. The maximum absolute atomic E-state index is 13.7. The lowest BCUT2D eigenvalue weighted by Crippen LogP contribution is -2.34. The van der Waals surface area contributed by atoms with E-state index in [1.165, 1.54) is 13.2 Å². The molecule has 9 heteroatoms. The molecule has 0 bridgehead atoms. The molecule has 0 saturated heterocycles. The Morgan fingerprint density at radius 2 is 2.03 bits per heavy atom. The predicted octanol–water partition coefficient (Wildman–Crippen LogP) is 3.07. The molecule has 1 atom stereocenters. The van der Waals surface area contributed by atoms with Gasteiger partial charge in [0.2, 0.25) is 6.79 Å². The molecule has 0 spiro atoms. The van der Waals surface area contributed by atoms with Crippen molar-refractivity contribution in [3.05, 3.63) is 75.6 Å². The van der Waals surface area contributed by atoms with Crippen LogP contribution in [0.4, 0.5) is 0 Å². The van der Waals surface area contributed by atoms with Crippen LogP contribution in [-0.4, -0.2) is 54.3 Å². The lowest BCUT2D eigenvalue weighted by Gasteiger charge is -2.26. The molecule has 1 aromatic carbocycles. The molecule has 1 amide bonds. The minimum atomic E-state index is -0.278. The number of hydrogen-bond acceptors (Lipinski definition) is 7. The highest BCUT2D eigenvalue weighted by Crippen LogP contribution is 2.36. The lowest BCUT2D eigenvalue weighted by atomic mass is 10.1. The smallest absolute Gasteiger partial charge is 0.259 e. The van der Waals surface area contributed by atoms with Crippen LogP contribution in [0.2, 0.25) is 0 Å². The van der Waals surface area contributed by atoms with E-state index < -0.39 is 0 Å². The SMILES string of the molecule is COc1cc(=O)n2c(c1C(=O)N(C)[C@@H](C)c1ccco1)CCN(Cc1cccc3c1OCO3)CC2. The highest BCUT2D eigenvalue weighted by molar-refractivity contribution is 5.98. The third-order valence-corrected chi connectivity index (χ3v) is 6.85. The number of rotatable bonds is 6. The van der Waals surface area contributed by atoms with E-state index in [2.05, 4.69) is 4.90 Å². The number of carbonyl (C=O) groups is 1. The molecule has 0 saturated carbocycles. The molecule has 0 fully saturated rings. The summed E-state index contributed by atoms with van der Waals surface area (Å²) in [5.74, 6) is 2.30. The zero-order chi connectivity index (χ0) is 24.5. The van der Waals surface area contributed by atoms with E-state index in [1.54, 1.807) is 28.8 Å². The van der Waals surface area contributed by atoms with Crippen molar-refractivity contribution in [2.75, 3.05) is 34.0 Å². The van der Waals surface area contributed by atoms with Gasteiger partial charge in [-0.05, 0) is 25.1 Å². The predicted molar refractivity (Wildman–Crippen MR) is 128 cm³/mol. The fourth-order valence-electron chi connectivity index (χ4n) is 4.77. The monoisotopic (exact) mass is 479 g/mol. The molecule has 5 rings (SSSR count). The van der Waals surface area contributed by atoms with E-state index in [0.717, 1.165) is 17.1 Å². The van der Waals surface area contributed by atoms with Gasteiger partial charge in [-0.3, -0.25) is 14.5 Å². The van der Waals surface area contributed by atoms with Crippen LogP contribution in [0.3, 0.4) is 0 Å². The second kappa shape index (κ2) is 9.50. The first kappa shape index (κ1) is 23.0. The quantitative estimate of drug-likeness (QED) is 0.537. The van der Waals surface area contributed by atoms with Gasteiger partial charge in [-0.2, -0.15) is 0 Å². The first-order valence-electron chi connectivity index (χ1n) is 11.7. The van der Waals surface area contributed by atoms with Crippen LogP contribution in [0.1, 0.15) is 40.3 Å². The third kappa shape index (κ3) is 4.27. The Bertz CT molecular complexity index is 1280. The summed E-state index contributed by atoms with van der Waals surface area (Å²) in [5.41, 5.74) is 1.99. The molecule has 0 N–H and O–H groups in total. The van der Waals surface area contributed by atoms with Gasteiger partial charge in [0.25, 0.3) is 11.5 Å². The van der Waals surface area contributed by atoms with E-state index in [-0.39, 0.29) is 24.3 Å². The second-order valence-corrected chi connectivity index (χ2v) is 8.81. The van der Waals surface area contributed by atoms with Crippen molar-refractivity contribution in [2.45, 2.75) is 32.5 Å². The number of furan rings is 1. The zero-order valence-electron chi connectivity index (χ0n) is 20.2. The first-order valence-corrected chi connectivity index (χ1v) is 11.7. The summed E-state index contributed by atoms with van der Waals surface area (Å²) >= 11 is 0. The molecule has 0 radical (unpaired) electrons. The highest BCUT2D eigenvalue weighted by Gasteiger charge is 2.30. The number of para-hydroxylation sites is 1. The van der Waals surface area contributed by atoms with Gasteiger partial charge in [-0.25, -0.2) is 0 Å². The van der Waals surface area contributed by atoms with Gasteiger partial charge in [0.15, 0.2) is 11.5 Å². The summed E-state index contributed by atoms with van der Waals surface area (Å²) in [5, 5.41) is 0. The van der Waals surface area contributed by atoms with Gasteiger partial charge < -0.3 is 28.1 Å². The number of benzene rings is 1. The Kier molecular flexibility index (Phi) is 6.25. The van der Waals surface area contributed by atoms with Crippen LogP contribution in [-0.2, 0) is 19.5 Å². The molecule has 9 nitrogen and oxygen atoms in total. The Balaban J connectivity index is 1.43. The number of aromatic nitrogens is 1. The molecule has 0 unspecified atom stereocenters. The number of fused-ring (bicyclic) bond motifs is 2. The Morgan fingerprint density at radius 1 is 1.17 bits per heavy atom. The largest absolute Gasteiger partial charge is 0.496 e. The molecule has 35 heavy (non-hydrogen) atoms. The van der Waals surface area contributed by atoms with Crippen molar-refractivity contribution >= 4 is 5.91 Å². The van der Waals surface area contributed by atoms with Gasteiger partial charge in [0.05, 0.1) is 19.4 Å². The summed E-state index contributed by atoms with van der Waals surface area (Å²) in [7, 11) is 3.22. The van der Waals surface area contributed by atoms with Crippen LogP contribution in [0.15, 0.2) is 51.9 Å². The van der Waals surface area contributed by atoms with Crippen molar-refractivity contribution in [3.63, 3.8) is 0 Å². The van der Waals surface area contributed by atoms with E-state index in [9.17, 15) is 9.59 Å². The van der Waals surface area contributed by atoms with Gasteiger partial charge in [0, 0.05) is 57.0 Å². The van der Waals surface area contributed by atoms with Crippen LogP contribution >= 0.6 is 0 Å². The minimum Gasteiger partial charge on any atom is -0.496 e. The van der Waals surface area contributed by atoms with Crippen LogP contribution < -0.4 is 19.8 Å². The van der Waals surface area contributed by atoms with E-state index in [4.69, 9.17) is 18.6 Å². The van der Waals surface area contributed by atoms with Crippen LogP contribution in [0, 0.1) is 0 Å². The number of hydrogen-bond donors (Lipinski definition) is 0. The number of ether oxygens (including phenoxy) is 3. The lowest BCUT2D eigenvalue weighted by molar-refractivity contribution is 0.0720. The summed E-state index contributed by atoms with van der Waals surface area (Å²) < 4.78 is 23.9. The summed E-state index contributed by atoms with van der Waals surface area (Å²) in [6.07, 6.45) is 2.12. The third-order valence-electron chi connectivity index (χ3n) is 6.85. The van der Waals surface area contributed by atoms with E-state index in [0.29, 0.717) is 55.4 Å². The van der Waals surface area contributed by atoms with Crippen molar-refractivity contribution < 1.29 is 23.4 Å². The van der Waals surface area contributed by atoms with Crippen molar-refractivity contribution in [3.8, 4) is 17.2 Å². The summed E-state index contributed by atoms with van der Waals surface area (Å²) in [6.45, 7) is 4.60. The Labute approximate surface area is 203 Å². The van der Waals surface area contributed by atoms with Crippen molar-refractivity contribution in [1.29, 1.82) is 0 Å². The van der Waals surface area contributed by atoms with Crippen LogP contribution in [0.5, 0.6) is 17.2 Å². The van der Waals surface area contributed by atoms with Crippen molar-refractivity contribution in [2.24, 2.45) is 0 Å².